The van der Waals surface area contributed by atoms with Crippen LogP contribution in [0.25, 0.3) is 0 Å². The second-order valence-corrected chi connectivity index (χ2v) is 8.70. The molecule has 0 aliphatic carbocycles. The summed E-state index contributed by atoms with van der Waals surface area (Å²) in [4.78, 5) is 26.2. The highest BCUT2D eigenvalue weighted by atomic mass is 35.5. The van der Waals surface area contributed by atoms with Crippen LogP contribution in [0.15, 0.2) is 54.6 Å². The second kappa shape index (κ2) is 10.5. The van der Waals surface area contributed by atoms with Gasteiger partial charge in [-0.3, -0.25) is 15.0 Å². The number of carbonyl (C=O) groups is 2. The largest absolute Gasteiger partial charge is 0.493 e. The molecule has 0 saturated heterocycles. The third-order valence-corrected chi connectivity index (χ3v) is 5.97. The molecular weight excluding hydrogens is 517 g/mol. The van der Waals surface area contributed by atoms with Crippen LogP contribution in [0.3, 0.4) is 0 Å². The first-order valence-corrected chi connectivity index (χ1v) is 11.4. The monoisotopic (exact) mass is 535 g/mol. The van der Waals surface area contributed by atoms with Crippen molar-refractivity contribution in [3.63, 3.8) is 0 Å². The molecule has 1 atom stereocenters. The predicted octanol–water partition coefficient (Wildman–Crippen LogP) is 5.34. The molecule has 4 rings (SSSR count). The van der Waals surface area contributed by atoms with E-state index in [4.69, 9.17) is 49.0 Å². The van der Waals surface area contributed by atoms with E-state index >= 15 is 0 Å². The molecule has 1 aliphatic rings. The van der Waals surface area contributed by atoms with Crippen molar-refractivity contribution >= 4 is 52.3 Å². The molecule has 0 bridgehead atoms. The van der Waals surface area contributed by atoms with E-state index < -0.39 is 24.6 Å². The van der Waals surface area contributed by atoms with Crippen molar-refractivity contribution < 1.29 is 23.8 Å². The van der Waals surface area contributed by atoms with E-state index in [1.807, 2.05) is 0 Å². The third kappa shape index (κ3) is 5.35. The van der Waals surface area contributed by atoms with E-state index in [1.165, 1.54) is 31.4 Å². The van der Waals surface area contributed by atoms with Crippen LogP contribution >= 0.6 is 34.8 Å². The Morgan fingerprint density at radius 2 is 1.63 bits per heavy atom. The summed E-state index contributed by atoms with van der Waals surface area (Å²) in [5.41, 5.74) is 4.12. The minimum absolute atomic E-state index is 0.257. The van der Waals surface area contributed by atoms with Crippen molar-refractivity contribution in [2.45, 2.75) is 6.17 Å². The summed E-state index contributed by atoms with van der Waals surface area (Å²) in [5, 5.41) is 5.52. The smallest absolute Gasteiger partial charge is 0.276 e. The highest BCUT2D eigenvalue weighted by molar-refractivity contribution is 6.35. The Morgan fingerprint density at radius 1 is 0.943 bits per heavy atom. The Morgan fingerprint density at radius 3 is 2.34 bits per heavy atom. The Bertz CT molecular complexity index is 1290. The van der Waals surface area contributed by atoms with Gasteiger partial charge in [0.05, 0.1) is 24.8 Å². The highest BCUT2D eigenvalue weighted by Crippen LogP contribution is 2.37. The minimum Gasteiger partial charge on any atom is -0.493 e. The molecule has 35 heavy (non-hydrogen) atoms. The SMILES string of the molecule is COc1ccc(C2Nc3ccc(Cl)cc3C(=O)N2NC(=O)COc2ccc(Cl)cc2Cl)cc1OC. The average Bonchev–Trinajstić information content (AvgIpc) is 2.85. The first-order valence-electron chi connectivity index (χ1n) is 10.3. The van der Waals surface area contributed by atoms with Gasteiger partial charge in [0.2, 0.25) is 0 Å². The van der Waals surface area contributed by atoms with E-state index in [0.29, 0.717) is 38.4 Å². The van der Waals surface area contributed by atoms with Gasteiger partial charge in [-0.15, -0.1) is 0 Å². The standard InChI is InChI=1S/C24H20Cl3N3O5/c1-33-20-7-3-13(9-21(20)34-2)23-28-18-6-4-14(25)10-16(18)24(32)30(23)29-22(31)12-35-19-8-5-15(26)11-17(19)27/h3-11,23,28H,12H2,1-2H3,(H,29,31). The normalized spacial score (nSPS) is 14.6. The van der Waals surface area contributed by atoms with E-state index in [2.05, 4.69) is 10.7 Å². The van der Waals surface area contributed by atoms with Crippen LogP contribution in [0.4, 0.5) is 5.69 Å². The summed E-state index contributed by atoms with van der Waals surface area (Å²) in [6, 6.07) is 14.7. The number of halogens is 3. The van der Waals surface area contributed by atoms with Gasteiger partial charge in [-0.25, -0.2) is 5.01 Å². The summed E-state index contributed by atoms with van der Waals surface area (Å²) < 4.78 is 16.2. The number of nitrogens with one attached hydrogen (secondary N) is 2. The molecule has 3 aromatic rings. The number of ether oxygens (including phenoxy) is 3. The van der Waals surface area contributed by atoms with Crippen LogP contribution in [-0.2, 0) is 4.79 Å². The summed E-state index contributed by atoms with van der Waals surface area (Å²) in [5.74, 6) is 0.228. The zero-order valence-corrected chi connectivity index (χ0v) is 20.9. The second-order valence-electron chi connectivity index (χ2n) is 7.42. The predicted molar refractivity (Wildman–Crippen MR) is 134 cm³/mol. The van der Waals surface area contributed by atoms with Crippen molar-refractivity contribution in [2.75, 3.05) is 26.1 Å². The average molecular weight is 537 g/mol. The molecule has 0 spiro atoms. The molecule has 182 valence electrons. The summed E-state index contributed by atoms with van der Waals surface area (Å²) in [6.07, 6.45) is -0.765. The number of hydrogen-bond donors (Lipinski definition) is 2. The van der Waals surface area contributed by atoms with E-state index in [1.54, 1.807) is 42.5 Å². The fourth-order valence-electron chi connectivity index (χ4n) is 3.55. The zero-order chi connectivity index (χ0) is 25.1. The van der Waals surface area contributed by atoms with Gasteiger partial charge < -0.3 is 19.5 Å². The quantitative estimate of drug-likeness (QED) is 0.424. The van der Waals surface area contributed by atoms with Crippen molar-refractivity contribution in [1.82, 2.24) is 10.4 Å². The minimum atomic E-state index is -0.765. The molecule has 0 aromatic heterocycles. The van der Waals surface area contributed by atoms with Crippen molar-refractivity contribution in [3.8, 4) is 17.2 Å². The molecule has 8 nitrogen and oxygen atoms in total. The topological polar surface area (TPSA) is 89.1 Å². The number of methoxy groups -OCH3 is 2. The molecule has 11 heteroatoms. The zero-order valence-electron chi connectivity index (χ0n) is 18.6. The molecule has 0 fully saturated rings. The first kappa shape index (κ1) is 24.8. The summed E-state index contributed by atoms with van der Waals surface area (Å²) in [7, 11) is 3.04. The van der Waals surface area contributed by atoms with Crippen molar-refractivity contribution in [1.29, 1.82) is 0 Å². The molecular formula is C24H20Cl3N3O5. The lowest BCUT2D eigenvalue weighted by Gasteiger charge is -2.38. The number of rotatable bonds is 7. The number of nitrogens with zero attached hydrogens (tertiary/aromatic N) is 1. The lowest BCUT2D eigenvalue weighted by Crippen LogP contribution is -2.53. The number of fused-ring (bicyclic) bond motifs is 1. The van der Waals surface area contributed by atoms with E-state index in [9.17, 15) is 9.59 Å². The van der Waals surface area contributed by atoms with Crippen LogP contribution in [0, 0.1) is 0 Å². The molecule has 3 aromatic carbocycles. The van der Waals surface area contributed by atoms with Gasteiger partial charge in [0.1, 0.15) is 11.9 Å². The fraction of sp³-hybridized carbons (Fsp3) is 0.167. The van der Waals surface area contributed by atoms with Gasteiger partial charge in [0.25, 0.3) is 11.8 Å². The van der Waals surface area contributed by atoms with Gasteiger partial charge in [-0.2, -0.15) is 0 Å². The number of hydrazine groups is 1. The molecule has 1 unspecified atom stereocenters. The van der Waals surface area contributed by atoms with Gasteiger partial charge in [-0.1, -0.05) is 40.9 Å². The fourth-order valence-corrected chi connectivity index (χ4v) is 4.19. The Labute approximate surface area is 216 Å². The summed E-state index contributed by atoms with van der Waals surface area (Å²) >= 11 is 18.1. The summed E-state index contributed by atoms with van der Waals surface area (Å²) in [6.45, 7) is -0.397. The lowest BCUT2D eigenvalue weighted by atomic mass is 10.0. The lowest BCUT2D eigenvalue weighted by molar-refractivity contribution is -0.127. The Balaban J connectivity index is 1.62. The number of anilines is 1. The molecule has 0 radical (unpaired) electrons. The van der Waals surface area contributed by atoms with Crippen LogP contribution in [0.1, 0.15) is 22.1 Å². The molecule has 0 saturated carbocycles. The number of hydrogen-bond acceptors (Lipinski definition) is 6. The third-order valence-electron chi connectivity index (χ3n) is 5.20. The van der Waals surface area contributed by atoms with Gasteiger partial charge >= 0.3 is 0 Å². The Kier molecular flexibility index (Phi) is 7.45. The maximum atomic E-state index is 13.4. The molecule has 1 aliphatic heterocycles. The highest BCUT2D eigenvalue weighted by Gasteiger charge is 2.35. The first-order chi connectivity index (χ1) is 16.8. The van der Waals surface area contributed by atoms with E-state index in [-0.39, 0.29) is 10.8 Å². The van der Waals surface area contributed by atoms with E-state index in [0.717, 1.165) is 0 Å². The molecule has 1 heterocycles. The van der Waals surface area contributed by atoms with Crippen LogP contribution in [0.2, 0.25) is 15.1 Å². The number of carbonyl (C=O) groups excluding carboxylic acids is 2. The molecule has 2 amide bonds. The maximum absolute atomic E-state index is 13.4. The number of benzene rings is 3. The van der Waals surface area contributed by atoms with Crippen molar-refractivity contribution in [2.24, 2.45) is 0 Å². The van der Waals surface area contributed by atoms with Gasteiger partial charge in [-0.05, 0) is 48.5 Å². The van der Waals surface area contributed by atoms with Crippen molar-refractivity contribution in [3.05, 3.63) is 80.8 Å². The van der Waals surface area contributed by atoms with Crippen LogP contribution in [-0.4, -0.2) is 37.6 Å². The maximum Gasteiger partial charge on any atom is 0.276 e. The Hall–Kier alpha value is -3.33. The van der Waals surface area contributed by atoms with Gasteiger partial charge in [0, 0.05) is 21.3 Å². The number of amides is 2. The molecule has 2 N–H and O–H groups in total. The van der Waals surface area contributed by atoms with Crippen LogP contribution < -0.4 is 25.0 Å². The van der Waals surface area contributed by atoms with Crippen LogP contribution in [0.5, 0.6) is 17.2 Å². The van der Waals surface area contributed by atoms with Gasteiger partial charge in [0.15, 0.2) is 18.1 Å².